The van der Waals surface area contributed by atoms with Gasteiger partial charge in [0, 0.05) is 31.7 Å². The largest absolute Gasteiger partial charge is 0.375 e. The Balaban J connectivity index is 0.00000225. The van der Waals surface area contributed by atoms with Crippen LogP contribution in [0.5, 0.6) is 0 Å². The van der Waals surface area contributed by atoms with Gasteiger partial charge >= 0.3 is 0 Å². The zero-order chi connectivity index (χ0) is 16.9. The third-order valence-electron chi connectivity index (χ3n) is 4.64. The highest BCUT2D eigenvalue weighted by atomic mass is 35.5. The van der Waals surface area contributed by atoms with Crippen molar-refractivity contribution >= 4 is 29.9 Å². The van der Waals surface area contributed by atoms with E-state index < -0.39 is 0 Å². The summed E-state index contributed by atoms with van der Waals surface area (Å²) in [7, 11) is 0. The van der Waals surface area contributed by atoms with Gasteiger partial charge in [0.1, 0.15) is 6.04 Å². The fraction of sp³-hybridized carbons (Fsp3) is 0.556. The third-order valence-corrected chi connectivity index (χ3v) is 4.64. The number of morpholine rings is 1. The molecule has 0 saturated carbocycles. The number of ether oxygens (including phenoxy) is 1. The van der Waals surface area contributed by atoms with Crippen LogP contribution >= 0.6 is 12.4 Å². The lowest BCUT2D eigenvalue weighted by Gasteiger charge is -2.29. The molecule has 1 aromatic rings. The Morgan fingerprint density at radius 3 is 2.76 bits per heavy atom. The first kappa shape index (κ1) is 19.7. The van der Waals surface area contributed by atoms with Crippen LogP contribution in [0.15, 0.2) is 24.3 Å². The van der Waals surface area contributed by atoms with E-state index >= 15 is 0 Å². The van der Waals surface area contributed by atoms with E-state index in [4.69, 9.17) is 4.74 Å². The summed E-state index contributed by atoms with van der Waals surface area (Å²) in [6, 6.07) is 7.53. The minimum Gasteiger partial charge on any atom is -0.375 e. The molecule has 0 radical (unpaired) electrons. The SMILES string of the molecule is C[C@H]1OCCN[C@@H]1C(=O)NCc1ccc(N2CCCCC2=O)cc1.Cl. The first-order valence-corrected chi connectivity index (χ1v) is 8.67. The lowest BCUT2D eigenvalue weighted by Crippen LogP contribution is -2.55. The summed E-state index contributed by atoms with van der Waals surface area (Å²) in [5.41, 5.74) is 1.95. The molecule has 0 aromatic heterocycles. The Morgan fingerprint density at radius 1 is 1.32 bits per heavy atom. The molecule has 3 rings (SSSR count). The van der Waals surface area contributed by atoms with Crippen molar-refractivity contribution in [2.24, 2.45) is 0 Å². The van der Waals surface area contributed by atoms with Gasteiger partial charge in [0.2, 0.25) is 11.8 Å². The zero-order valence-corrected chi connectivity index (χ0v) is 15.3. The number of carbonyl (C=O) groups is 2. The molecule has 2 amide bonds. The van der Waals surface area contributed by atoms with Crippen molar-refractivity contribution in [3.63, 3.8) is 0 Å². The minimum absolute atomic E-state index is 0. The molecule has 138 valence electrons. The van der Waals surface area contributed by atoms with Crippen LogP contribution < -0.4 is 15.5 Å². The molecule has 2 heterocycles. The Bertz CT molecular complexity index is 594. The molecule has 2 aliphatic rings. The number of anilines is 1. The fourth-order valence-corrected chi connectivity index (χ4v) is 3.20. The molecule has 0 unspecified atom stereocenters. The predicted octanol–water partition coefficient (Wildman–Crippen LogP) is 1.62. The number of halogens is 1. The Labute approximate surface area is 154 Å². The summed E-state index contributed by atoms with van der Waals surface area (Å²) in [4.78, 5) is 26.0. The molecule has 25 heavy (non-hydrogen) atoms. The number of hydrogen-bond acceptors (Lipinski definition) is 4. The zero-order valence-electron chi connectivity index (χ0n) is 14.5. The van der Waals surface area contributed by atoms with Crippen molar-refractivity contribution < 1.29 is 14.3 Å². The molecule has 0 aliphatic carbocycles. The summed E-state index contributed by atoms with van der Waals surface area (Å²) in [6.45, 7) is 4.50. The molecule has 0 bridgehead atoms. The Morgan fingerprint density at radius 2 is 2.08 bits per heavy atom. The Hall–Kier alpha value is -1.63. The van der Waals surface area contributed by atoms with Crippen LogP contribution in [-0.2, 0) is 20.9 Å². The fourth-order valence-electron chi connectivity index (χ4n) is 3.20. The maximum Gasteiger partial charge on any atom is 0.240 e. The molecule has 2 fully saturated rings. The maximum absolute atomic E-state index is 12.2. The minimum atomic E-state index is -0.302. The van der Waals surface area contributed by atoms with Crippen molar-refractivity contribution in [1.82, 2.24) is 10.6 Å². The molecule has 2 aliphatic heterocycles. The number of rotatable bonds is 4. The lowest BCUT2D eigenvalue weighted by atomic mass is 10.1. The molecule has 0 spiro atoms. The smallest absolute Gasteiger partial charge is 0.240 e. The van der Waals surface area contributed by atoms with Gasteiger partial charge in [-0.05, 0) is 37.5 Å². The first-order valence-electron chi connectivity index (χ1n) is 8.67. The van der Waals surface area contributed by atoms with E-state index in [0.29, 0.717) is 26.1 Å². The monoisotopic (exact) mass is 367 g/mol. The molecule has 2 saturated heterocycles. The number of piperidine rings is 1. The lowest BCUT2D eigenvalue weighted by molar-refractivity contribution is -0.129. The predicted molar refractivity (Wildman–Crippen MR) is 98.9 cm³/mol. The van der Waals surface area contributed by atoms with Crippen molar-refractivity contribution in [2.75, 3.05) is 24.6 Å². The molecular weight excluding hydrogens is 342 g/mol. The average Bonchev–Trinajstić information content (AvgIpc) is 2.61. The highest BCUT2D eigenvalue weighted by Gasteiger charge is 2.27. The van der Waals surface area contributed by atoms with Crippen LogP contribution in [0.3, 0.4) is 0 Å². The molecule has 2 atom stereocenters. The normalized spacial score (nSPS) is 23.7. The van der Waals surface area contributed by atoms with Crippen molar-refractivity contribution in [2.45, 2.75) is 44.9 Å². The number of hydrogen-bond donors (Lipinski definition) is 2. The van der Waals surface area contributed by atoms with E-state index in [0.717, 1.165) is 30.6 Å². The van der Waals surface area contributed by atoms with E-state index in [-0.39, 0.29) is 36.4 Å². The maximum atomic E-state index is 12.2. The highest BCUT2D eigenvalue weighted by molar-refractivity contribution is 5.94. The quantitative estimate of drug-likeness (QED) is 0.848. The summed E-state index contributed by atoms with van der Waals surface area (Å²) < 4.78 is 5.50. The van der Waals surface area contributed by atoms with Crippen LogP contribution in [0.2, 0.25) is 0 Å². The summed E-state index contributed by atoms with van der Waals surface area (Å²) in [5, 5.41) is 6.13. The van der Waals surface area contributed by atoms with Crippen LogP contribution in [0.1, 0.15) is 31.7 Å². The summed E-state index contributed by atoms with van der Waals surface area (Å²) >= 11 is 0. The number of nitrogens with zero attached hydrogens (tertiary/aromatic N) is 1. The van der Waals surface area contributed by atoms with Crippen molar-refractivity contribution in [3.8, 4) is 0 Å². The van der Waals surface area contributed by atoms with Crippen molar-refractivity contribution in [3.05, 3.63) is 29.8 Å². The van der Waals surface area contributed by atoms with E-state index in [1.807, 2.05) is 36.1 Å². The van der Waals surface area contributed by atoms with Crippen molar-refractivity contribution in [1.29, 1.82) is 0 Å². The van der Waals surface area contributed by atoms with Gasteiger partial charge in [0.15, 0.2) is 0 Å². The summed E-state index contributed by atoms with van der Waals surface area (Å²) in [5.74, 6) is 0.150. The van der Waals surface area contributed by atoms with Gasteiger partial charge in [-0.15, -0.1) is 12.4 Å². The van der Waals surface area contributed by atoms with Crippen LogP contribution in [0, 0.1) is 0 Å². The Kier molecular flexibility index (Phi) is 7.23. The number of benzene rings is 1. The molecule has 6 nitrogen and oxygen atoms in total. The standard InChI is InChI=1S/C18H25N3O3.ClH/c1-13-17(19-9-11-24-13)18(23)20-12-14-5-7-15(8-6-14)21-10-3-2-4-16(21)22;/h5-8,13,17,19H,2-4,9-12H2,1H3,(H,20,23);1H/t13-,17+;/m1./s1. The second-order valence-electron chi connectivity index (χ2n) is 6.39. The van der Waals surface area contributed by atoms with E-state index in [1.54, 1.807) is 0 Å². The topological polar surface area (TPSA) is 70.7 Å². The van der Waals surface area contributed by atoms with E-state index in [9.17, 15) is 9.59 Å². The molecule has 2 N–H and O–H groups in total. The summed E-state index contributed by atoms with van der Waals surface area (Å²) in [6.07, 6.45) is 2.55. The van der Waals surface area contributed by atoms with Gasteiger partial charge < -0.3 is 20.3 Å². The van der Waals surface area contributed by atoms with Gasteiger partial charge in [-0.25, -0.2) is 0 Å². The van der Waals surface area contributed by atoms with Gasteiger partial charge in [-0.2, -0.15) is 0 Å². The highest BCUT2D eigenvalue weighted by Crippen LogP contribution is 2.21. The van der Waals surface area contributed by atoms with Gasteiger partial charge in [-0.3, -0.25) is 9.59 Å². The average molecular weight is 368 g/mol. The number of amides is 2. The third kappa shape index (κ3) is 4.93. The van der Waals surface area contributed by atoms with Crippen LogP contribution in [0.25, 0.3) is 0 Å². The first-order chi connectivity index (χ1) is 11.6. The van der Waals surface area contributed by atoms with E-state index in [1.165, 1.54) is 0 Å². The van der Waals surface area contributed by atoms with Gasteiger partial charge in [-0.1, -0.05) is 12.1 Å². The van der Waals surface area contributed by atoms with Crippen LogP contribution in [0.4, 0.5) is 5.69 Å². The number of carbonyl (C=O) groups excluding carboxylic acids is 2. The molecular formula is C18H26ClN3O3. The van der Waals surface area contributed by atoms with Crippen LogP contribution in [-0.4, -0.2) is 43.7 Å². The van der Waals surface area contributed by atoms with E-state index in [2.05, 4.69) is 10.6 Å². The molecule has 1 aromatic carbocycles. The number of nitrogens with one attached hydrogen (secondary N) is 2. The molecule has 7 heteroatoms. The second kappa shape index (κ2) is 9.17. The second-order valence-corrected chi connectivity index (χ2v) is 6.39. The van der Waals surface area contributed by atoms with Gasteiger partial charge in [0.05, 0.1) is 12.7 Å². The van der Waals surface area contributed by atoms with Gasteiger partial charge in [0.25, 0.3) is 0 Å².